The molecule has 3 N–H and O–H groups in total. The molecule has 63 heavy (non-hydrogen) atoms. The average molecular weight is 897 g/mol. The van der Waals surface area contributed by atoms with Gasteiger partial charge in [0.25, 0.3) is 15.9 Å². The number of carbonyl (C=O) groups is 1. The lowest BCUT2D eigenvalue weighted by Gasteiger charge is -2.39. The zero-order chi connectivity index (χ0) is 44.0. The number of carbonyl (C=O) groups excluding carboxylic acids is 1. The van der Waals surface area contributed by atoms with Gasteiger partial charge in [0.05, 0.1) is 27.7 Å². The highest BCUT2D eigenvalue weighted by atomic mass is 35.5. The first-order chi connectivity index (χ1) is 30.2. The Hall–Kier alpha value is -5.52. The van der Waals surface area contributed by atoms with E-state index < -0.39 is 37.5 Å². The van der Waals surface area contributed by atoms with Gasteiger partial charge >= 0.3 is 5.69 Å². The maximum atomic E-state index is 13.9. The Balaban J connectivity index is 0.921. The van der Waals surface area contributed by atoms with Gasteiger partial charge < -0.3 is 24.6 Å². The van der Waals surface area contributed by atoms with Crippen molar-refractivity contribution in [2.24, 2.45) is 17.3 Å². The van der Waals surface area contributed by atoms with Crippen molar-refractivity contribution in [3.8, 4) is 17.2 Å². The van der Waals surface area contributed by atoms with Crippen molar-refractivity contribution in [1.29, 1.82) is 0 Å². The van der Waals surface area contributed by atoms with Gasteiger partial charge in [-0.05, 0) is 115 Å². The van der Waals surface area contributed by atoms with Crippen LogP contribution in [0.1, 0.15) is 68.3 Å². The Morgan fingerprint density at radius 3 is 2.52 bits per heavy atom. The number of piperazine rings is 1. The number of amides is 1. The van der Waals surface area contributed by atoms with Crippen LogP contribution in [-0.4, -0.2) is 84.2 Å². The highest BCUT2D eigenvalue weighted by molar-refractivity contribution is 7.90. The van der Waals surface area contributed by atoms with Crippen molar-refractivity contribution in [3.05, 3.63) is 117 Å². The number of halogens is 1. The summed E-state index contributed by atoms with van der Waals surface area (Å²) in [6.07, 6.45) is 7.59. The number of rotatable bonds is 13. The fourth-order valence-corrected chi connectivity index (χ4v) is 10.6. The topological polar surface area (TPSA) is 189 Å². The predicted octanol–water partition coefficient (Wildman–Crippen LogP) is 8.29. The monoisotopic (exact) mass is 896 g/mol. The van der Waals surface area contributed by atoms with Crippen LogP contribution in [0.25, 0.3) is 16.6 Å². The zero-order valence-corrected chi connectivity index (χ0v) is 36.5. The minimum atomic E-state index is -4.64. The first kappa shape index (κ1) is 42.8. The number of hydrogen-bond acceptors (Lipinski definition) is 12. The quantitative estimate of drug-likeness (QED) is 0.0584. The van der Waals surface area contributed by atoms with Crippen LogP contribution in [0.5, 0.6) is 17.2 Å². The number of sulfonamides is 1. The highest BCUT2D eigenvalue weighted by Crippen LogP contribution is 2.47. The predicted molar refractivity (Wildman–Crippen MR) is 237 cm³/mol. The van der Waals surface area contributed by atoms with E-state index in [2.05, 4.69) is 50.5 Å². The van der Waals surface area contributed by atoms with Gasteiger partial charge in [0, 0.05) is 67.1 Å². The molecule has 0 unspecified atom stereocenters. The third kappa shape index (κ3) is 9.27. The van der Waals surface area contributed by atoms with E-state index >= 15 is 0 Å². The van der Waals surface area contributed by atoms with Gasteiger partial charge in [-0.2, -0.15) is 4.89 Å². The van der Waals surface area contributed by atoms with E-state index in [1.807, 2.05) is 18.2 Å². The number of allylic oxidation sites excluding steroid dienone is 1. The molecule has 4 atom stereocenters. The maximum absolute atomic E-state index is 13.9. The van der Waals surface area contributed by atoms with Crippen LogP contribution in [0.2, 0.25) is 5.02 Å². The van der Waals surface area contributed by atoms with Crippen LogP contribution in [-0.2, 0) is 14.9 Å². The Bertz CT molecular complexity index is 2700. The summed E-state index contributed by atoms with van der Waals surface area (Å²) >= 11 is 6.24. The van der Waals surface area contributed by atoms with Crippen molar-refractivity contribution in [2.45, 2.75) is 69.5 Å². The number of fused-ring (bicyclic) bond motifs is 3. The molecule has 4 aliphatic rings. The summed E-state index contributed by atoms with van der Waals surface area (Å²) in [5, 5.41) is 23.6. The van der Waals surface area contributed by atoms with Crippen molar-refractivity contribution < 1.29 is 37.8 Å². The number of H-pyrrole nitrogens is 1. The van der Waals surface area contributed by atoms with E-state index in [1.54, 1.807) is 24.4 Å². The number of aromatic nitrogens is 2. The summed E-state index contributed by atoms with van der Waals surface area (Å²) in [5.74, 6) is -0.699. The number of nitro groups is 1. The molecule has 3 fully saturated rings. The van der Waals surface area contributed by atoms with E-state index in [0.717, 1.165) is 79.6 Å². The normalized spacial score (nSPS) is 22.4. The molecule has 3 aromatic carbocycles. The van der Waals surface area contributed by atoms with E-state index in [9.17, 15) is 28.4 Å². The smallest absolute Gasteiger partial charge is 0.316 e. The minimum absolute atomic E-state index is 0.0673. The van der Waals surface area contributed by atoms with Crippen LogP contribution in [0.3, 0.4) is 0 Å². The maximum Gasteiger partial charge on any atom is 0.316 e. The molecule has 17 heteroatoms. The lowest BCUT2D eigenvalue weighted by Crippen LogP contribution is -2.47. The number of aromatic amines is 1. The van der Waals surface area contributed by atoms with E-state index in [1.165, 1.54) is 29.0 Å². The molecule has 1 amide bonds. The van der Waals surface area contributed by atoms with Crippen LogP contribution in [0, 0.1) is 27.4 Å². The standard InChI is InChI=1S/C46H49ClN6O9S/c1-46(2)13-11-30(38(25-46)28-3-5-33(47)6-4-28)27-51-15-17-52(18-16-51)34-7-9-37(43(23-34)60-35-20-29-12-14-48-44(29)49-26-35)45(55)50-63(58,59)36-8-10-41(39(24-36)53(56)57)61-62-42-22-31-19-32(42)21-40(31)54/h3-10,12,14,20,23-24,26,31-32,40,42,54H,11,13,15-19,21-22,25,27H2,1-2H3,(H,48,49)(H,50,55)/t31-,32-,40+,42-/m0/s1. The van der Waals surface area contributed by atoms with Crippen molar-refractivity contribution in [3.63, 3.8) is 0 Å². The molecule has 2 saturated carbocycles. The van der Waals surface area contributed by atoms with Crippen LogP contribution in [0.4, 0.5) is 11.4 Å². The van der Waals surface area contributed by atoms with Crippen LogP contribution < -0.4 is 19.2 Å². The Morgan fingerprint density at radius 2 is 1.79 bits per heavy atom. The number of pyridine rings is 1. The number of nitrogens with zero attached hydrogens (tertiary/aromatic N) is 4. The number of anilines is 1. The molecule has 3 heterocycles. The second-order valence-electron chi connectivity index (χ2n) is 17.9. The fraction of sp³-hybridized carbons (Fsp3) is 0.391. The molecule has 330 valence electrons. The lowest BCUT2D eigenvalue weighted by atomic mass is 9.72. The van der Waals surface area contributed by atoms with Crippen molar-refractivity contribution in [2.75, 3.05) is 37.6 Å². The number of benzene rings is 3. The molecule has 0 radical (unpaired) electrons. The van der Waals surface area contributed by atoms with Crippen molar-refractivity contribution in [1.82, 2.24) is 19.6 Å². The summed E-state index contributed by atoms with van der Waals surface area (Å²) in [6, 6.07) is 19.8. The van der Waals surface area contributed by atoms with Crippen molar-refractivity contribution >= 4 is 55.5 Å². The van der Waals surface area contributed by atoms with Gasteiger partial charge in [-0.15, -0.1) is 0 Å². The number of ether oxygens (including phenoxy) is 1. The van der Waals surface area contributed by atoms with Crippen LogP contribution in [0.15, 0.2) is 95.7 Å². The Labute approximate surface area is 370 Å². The average Bonchev–Trinajstić information content (AvgIpc) is 4.00. The number of hydrogen-bond donors (Lipinski definition) is 3. The molecule has 5 aromatic rings. The van der Waals surface area contributed by atoms with E-state index in [-0.39, 0.29) is 40.4 Å². The third-order valence-corrected chi connectivity index (χ3v) is 14.6. The molecule has 3 aliphatic carbocycles. The summed E-state index contributed by atoms with van der Waals surface area (Å²) in [5.41, 5.74) is 5.00. The van der Waals surface area contributed by atoms with Gasteiger partial charge in [0.2, 0.25) is 5.75 Å². The van der Waals surface area contributed by atoms with Gasteiger partial charge in [0.1, 0.15) is 23.3 Å². The van der Waals surface area contributed by atoms with Gasteiger partial charge in [0.15, 0.2) is 0 Å². The molecule has 1 aliphatic heterocycles. The highest BCUT2D eigenvalue weighted by Gasteiger charge is 2.47. The zero-order valence-electron chi connectivity index (χ0n) is 35.0. The molecule has 15 nitrogen and oxygen atoms in total. The SMILES string of the molecule is CC1(C)CCC(CN2CCN(c3ccc(C(=O)NS(=O)(=O)c4ccc(OO[C@H]5C[C@@H]6C[C@H]5C[C@H]6O)c([N+](=O)[O-])c4)c(Oc4cnc5[nH]ccc5c4)c3)CC2)=C(c2ccc(Cl)cc2)C1. The van der Waals surface area contributed by atoms with Gasteiger partial charge in [-0.3, -0.25) is 19.8 Å². The third-order valence-electron chi connectivity index (χ3n) is 13.0. The fourth-order valence-electron chi connectivity index (χ4n) is 9.52. The largest absolute Gasteiger partial charge is 0.455 e. The summed E-state index contributed by atoms with van der Waals surface area (Å²) in [7, 11) is -4.64. The lowest BCUT2D eigenvalue weighted by molar-refractivity contribution is -0.389. The first-order valence-electron chi connectivity index (χ1n) is 21.2. The second kappa shape index (κ2) is 17.2. The molecule has 2 bridgehead atoms. The summed E-state index contributed by atoms with van der Waals surface area (Å²) in [4.78, 5) is 47.7. The minimum Gasteiger partial charge on any atom is -0.455 e. The van der Waals surface area contributed by atoms with E-state index in [0.29, 0.717) is 37.3 Å². The Morgan fingerprint density at radius 1 is 1.00 bits per heavy atom. The molecule has 2 aromatic heterocycles. The molecular weight excluding hydrogens is 848 g/mol. The second-order valence-corrected chi connectivity index (χ2v) is 20.0. The van der Waals surface area contributed by atoms with Gasteiger partial charge in [-0.1, -0.05) is 43.2 Å². The first-order valence-corrected chi connectivity index (χ1v) is 23.1. The van der Waals surface area contributed by atoms with E-state index in [4.69, 9.17) is 26.1 Å². The molecule has 9 rings (SSSR count). The molecular formula is C46H49ClN6O9S. The number of aliphatic hydroxyl groups is 1. The number of nitro benzene ring substituents is 1. The van der Waals surface area contributed by atoms with Crippen LogP contribution >= 0.6 is 11.6 Å². The summed E-state index contributed by atoms with van der Waals surface area (Å²) in [6.45, 7) is 8.55. The molecule has 1 saturated heterocycles. The Kier molecular flexibility index (Phi) is 11.7. The molecule has 0 spiro atoms. The summed E-state index contributed by atoms with van der Waals surface area (Å²) < 4.78 is 35.7. The number of aliphatic hydroxyl groups excluding tert-OH is 1. The van der Waals surface area contributed by atoms with Gasteiger partial charge in [-0.25, -0.2) is 18.1 Å². The number of nitrogens with one attached hydrogen (secondary N) is 2.